The number of nitrogens with zero attached hydrogens (tertiary/aromatic N) is 3. The Hall–Kier alpha value is -3.77. The Labute approximate surface area is 285 Å². The van der Waals surface area contributed by atoms with Crippen LogP contribution in [0.3, 0.4) is 0 Å². The van der Waals surface area contributed by atoms with Crippen LogP contribution in [0.25, 0.3) is 10.9 Å². The van der Waals surface area contributed by atoms with Crippen molar-refractivity contribution in [1.29, 1.82) is 0 Å². The number of methoxy groups -OCH3 is 1. The lowest BCUT2D eigenvalue weighted by atomic mass is 9.92. The summed E-state index contributed by atoms with van der Waals surface area (Å²) in [6.07, 6.45) is 10.6. The van der Waals surface area contributed by atoms with Crippen molar-refractivity contribution in [2.75, 3.05) is 59.3 Å². The molecule has 2 aliphatic heterocycles. The molecule has 0 aliphatic carbocycles. The zero-order chi connectivity index (χ0) is 34.2. The van der Waals surface area contributed by atoms with E-state index in [0.717, 1.165) is 44.8 Å². The van der Waals surface area contributed by atoms with Gasteiger partial charge in [0.15, 0.2) is 0 Å². The standard InChI is InChI=1S/C20H22N2.C16H23NO2.C3H9N.C2H6/c1-15-8-9-20-16(13-15)5-4-11-22(20)12-10-17-14-21-19-7-3-2-6-18(17)19;1-3-6-13-9-11-17(12-10-13)16(18)14-7-4-5-8-15(14)19-2;1-4(2)3;1-2/h2-3,6-9,13-14,21H,4-5,10-12H2,1H3;4-5,7-8,13H,3,6,9-12H2,1-2H3;1-3H3;1-2H3. The van der Waals surface area contributed by atoms with E-state index >= 15 is 0 Å². The molecule has 0 radical (unpaired) electrons. The van der Waals surface area contributed by atoms with E-state index in [1.54, 1.807) is 7.11 Å². The largest absolute Gasteiger partial charge is 0.496 e. The molecule has 6 rings (SSSR count). The lowest BCUT2D eigenvalue weighted by Crippen LogP contribution is -2.38. The first kappa shape index (κ1) is 37.7. The third kappa shape index (κ3) is 11.2. The molecule has 1 amide bonds. The summed E-state index contributed by atoms with van der Waals surface area (Å²) >= 11 is 0. The van der Waals surface area contributed by atoms with Gasteiger partial charge in [-0.05, 0) is 101 Å². The number of amides is 1. The number of piperidine rings is 1. The van der Waals surface area contributed by atoms with Crippen LogP contribution in [0.2, 0.25) is 0 Å². The zero-order valence-corrected chi connectivity index (χ0v) is 30.4. The Morgan fingerprint density at radius 2 is 1.64 bits per heavy atom. The van der Waals surface area contributed by atoms with Crippen LogP contribution in [0, 0.1) is 12.8 Å². The van der Waals surface area contributed by atoms with Crippen LogP contribution in [0.1, 0.15) is 79.9 Å². The predicted molar refractivity (Wildman–Crippen MR) is 201 cm³/mol. The molecule has 1 aromatic heterocycles. The molecule has 3 aromatic carbocycles. The minimum atomic E-state index is 0.104. The number of rotatable bonds is 7. The number of hydrogen-bond donors (Lipinski definition) is 1. The van der Waals surface area contributed by atoms with E-state index < -0.39 is 0 Å². The summed E-state index contributed by atoms with van der Waals surface area (Å²) in [4.78, 5) is 22.4. The summed E-state index contributed by atoms with van der Waals surface area (Å²) < 4.78 is 5.27. The van der Waals surface area contributed by atoms with Crippen molar-refractivity contribution in [3.05, 3.63) is 95.2 Å². The van der Waals surface area contributed by atoms with Gasteiger partial charge in [0, 0.05) is 49.0 Å². The fraction of sp³-hybridized carbons (Fsp3) is 0.488. The van der Waals surface area contributed by atoms with E-state index in [9.17, 15) is 4.79 Å². The first-order valence-electron chi connectivity index (χ1n) is 17.7. The van der Waals surface area contributed by atoms with Gasteiger partial charge in [-0.1, -0.05) is 81.6 Å². The minimum Gasteiger partial charge on any atom is -0.496 e. The smallest absolute Gasteiger partial charge is 0.257 e. The molecule has 256 valence electrons. The highest BCUT2D eigenvalue weighted by Crippen LogP contribution is 2.29. The molecule has 0 bridgehead atoms. The molecule has 0 saturated carbocycles. The fourth-order valence-electron chi connectivity index (χ4n) is 6.45. The number of nitrogens with one attached hydrogen (secondary N) is 1. The number of H-pyrrole nitrogens is 1. The average Bonchev–Trinajstić information content (AvgIpc) is 3.51. The van der Waals surface area contributed by atoms with Crippen molar-refractivity contribution in [3.8, 4) is 5.75 Å². The number of carbonyl (C=O) groups excluding carboxylic acids is 1. The van der Waals surface area contributed by atoms with Crippen LogP contribution in [0.15, 0.2) is 72.9 Å². The average molecular weight is 641 g/mol. The van der Waals surface area contributed by atoms with Gasteiger partial charge in [0.1, 0.15) is 5.75 Å². The van der Waals surface area contributed by atoms with E-state index in [0.29, 0.717) is 11.3 Å². The maximum atomic E-state index is 12.5. The molecule has 1 fully saturated rings. The molecular formula is C41H60N4O2. The number of hydrogen-bond acceptors (Lipinski definition) is 4. The molecule has 6 heteroatoms. The summed E-state index contributed by atoms with van der Waals surface area (Å²) in [6, 6.07) is 22.9. The SMILES string of the molecule is CC.CCCC1CCN(C(=O)c2ccccc2OC)CC1.CN(C)C.Cc1ccc2c(c1)CCCN2CCc1c[nH]c2ccccc12. The van der Waals surface area contributed by atoms with Crippen molar-refractivity contribution in [3.63, 3.8) is 0 Å². The molecule has 4 aromatic rings. The van der Waals surface area contributed by atoms with Gasteiger partial charge in [-0.25, -0.2) is 0 Å². The Balaban J connectivity index is 0.000000221. The highest BCUT2D eigenvalue weighted by atomic mass is 16.5. The quantitative estimate of drug-likeness (QED) is 0.219. The predicted octanol–water partition coefficient (Wildman–Crippen LogP) is 9.02. The van der Waals surface area contributed by atoms with Crippen molar-refractivity contribution in [1.82, 2.24) is 14.8 Å². The van der Waals surface area contributed by atoms with E-state index in [-0.39, 0.29) is 5.91 Å². The molecule has 6 nitrogen and oxygen atoms in total. The monoisotopic (exact) mass is 640 g/mol. The van der Waals surface area contributed by atoms with Gasteiger partial charge in [-0.3, -0.25) is 4.79 Å². The van der Waals surface area contributed by atoms with E-state index in [4.69, 9.17) is 4.74 Å². The lowest BCUT2D eigenvalue weighted by molar-refractivity contribution is 0.0683. The second-order valence-electron chi connectivity index (χ2n) is 12.9. The van der Waals surface area contributed by atoms with Gasteiger partial charge < -0.3 is 24.4 Å². The van der Waals surface area contributed by atoms with Gasteiger partial charge >= 0.3 is 0 Å². The number of carbonyl (C=O) groups is 1. The molecule has 0 atom stereocenters. The number of ether oxygens (including phenoxy) is 1. The maximum Gasteiger partial charge on any atom is 0.257 e. The molecule has 1 saturated heterocycles. The highest BCUT2D eigenvalue weighted by molar-refractivity contribution is 5.97. The van der Waals surface area contributed by atoms with Crippen LogP contribution in [-0.4, -0.2) is 75.1 Å². The van der Waals surface area contributed by atoms with Gasteiger partial charge in [0.05, 0.1) is 12.7 Å². The Kier molecular flexibility index (Phi) is 15.9. The Morgan fingerprint density at radius 3 is 2.34 bits per heavy atom. The van der Waals surface area contributed by atoms with Crippen molar-refractivity contribution in [2.45, 2.75) is 72.6 Å². The van der Waals surface area contributed by atoms with Gasteiger partial charge in [0.25, 0.3) is 5.91 Å². The summed E-state index contributed by atoms with van der Waals surface area (Å²) in [5.41, 5.74) is 7.68. The topological polar surface area (TPSA) is 51.8 Å². The number of para-hydroxylation sites is 2. The second-order valence-corrected chi connectivity index (χ2v) is 12.9. The van der Waals surface area contributed by atoms with Gasteiger partial charge in [-0.15, -0.1) is 0 Å². The molecule has 0 unspecified atom stereocenters. The second kappa shape index (κ2) is 19.8. The highest BCUT2D eigenvalue weighted by Gasteiger charge is 2.24. The van der Waals surface area contributed by atoms with E-state index in [1.165, 1.54) is 65.5 Å². The third-order valence-corrected chi connectivity index (χ3v) is 8.71. The van der Waals surface area contributed by atoms with Crippen LogP contribution in [0.5, 0.6) is 5.75 Å². The molecule has 3 heterocycles. The Morgan fingerprint density at radius 1 is 0.957 bits per heavy atom. The molecule has 47 heavy (non-hydrogen) atoms. The normalized spacial score (nSPS) is 14.2. The van der Waals surface area contributed by atoms with E-state index in [2.05, 4.69) is 72.4 Å². The lowest BCUT2D eigenvalue weighted by Gasteiger charge is -2.32. The zero-order valence-electron chi connectivity index (χ0n) is 30.4. The van der Waals surface area contributed by atoms with Crippen LogP contribution in [0.4, 0.5) is 5.69 Å². The molecule has 0 spiro atoms. The first-order chi connectivity index (χ1) is 22.8. The van der Waals surface area contributed by atoms with Crippen LogP contribution < -0.4 is 9.64 Å². The fourth-order valence-corrected chi connectivity index (χ4v) is 6.45. The number of aromatic nitrogens is 1. The van der Waals surface area contributed by atoms with Crippen molar-refractivity contribution < 1.29 is 9.53 Å². The number of fused-ring (bicyclic) bond motifs is 2. The number of aryl methyl sites for hydroxylation is 2. The summed E-state index contributed by atoms with van der Waals surface area (Å²) in [6.45, 7) is 12.4. The van der Waals surface area contributed by atoms with Gasteiger partial charge in [-0.2, -0.15) is 0 Å². The van der Waals surface area contributed by atoms with Crippen molar-refractivity contribution >= 4 is 22.5 Å². The molecular weight excluding hydrogens is 580 g/mol. The van der Waals surface area contributed by atoms with Crippen LogP contribution >= 0.6 is 0 Å². The number of likely N-dealkylation sites (tertiary alicyclic amines) is 1. The molecule has 1 N–H and O–H groups in total. The number of aromatic amines is 1. The number of anilines is 1. The van der Waals surface area contributed by atoms with E-state index in [1.807, 2.05) is 69.1 Å². The third-order valence-electron chi connectivity index (χ3n) is 8.71. The maximum absolute atomic E-state index is 12.5. The van der Waals surface area contributed by atoms with Gasteiger partial charge in [0.2, 0.25) is 0 Å². The van der Waals surface area contributed by atoms with Crippen LogP contribution in [-0.2, 0) is 12.8 Å². The first-order valence-corrected chi connectivity index (χ1v) is 17.7. The Bertz CT molecular complexity index is 1480. The minimum absolute atomic E-state index is 0.104. The summed E-state index contributed by atoms with van der Waals surface area (Å²) in [5.74, 6) is 1.57. The number of benzene rings is 3. The van der Waals surface area contributed by atoms with Crippen molar-refractivity contribution in [2.24, 2.45) is 5.92 Å². The summed E-state index contributed by atoms with van der Waals surface area (Å²) in [7, 11) is 7.61. The molecule has 2 aliphatic rings. The summed E-state index contributed by atoms with van der Waals surface area (Å²) in [5, 5.41) is 1.36.